The quantitative estimate of drug-likeness (QED) is 0.743. The van der Waals surface area contributed by atoms with Crippen LogP contribution in [0.4, 0.5) is 11.5 Å². The van der Waals surface area contributed by atoms with E-state index in [2.05, 4.69) is 10.3 Å². The molecule has 20 heavy (non-hydrogen) atoms. The van der Waals surface area contributed by atoms with Gasteiger partial charge in [-0.15, -0.1) is 0 Å². The molecule has 1 atom stereocenters. The van der Waals surface area contributed by atoms with Gasteiger partial charge in [-0.25, -0.2) is 4.98 Å². The maximum absolute atomic E-state index is 11.3. The number of pyridine rings is 1. The van der Waals surface area contributed by atoms with Gasteiger partial charge in [0.1, 0.15) is 5.82 Å². The van der Waals surface area contributed by atoms with Crippen molar-refractivity contribution in [2.45, 2.75) is 19.9 Å². The van der Waals surface area contributed by atoms with E-state index in [0.717, 1.165) is 11.3 Å². The largest absolute Gasteiger partial charge is 0.399 e. The lowest BCUT2D eigenvalue weighted by atomic mass is 10.1. The Morgan fingerprint density at radius 2 is 2.05 bits per heavy atom. The van der Waals surface area contributed by atoms with Gasteiger partial charge in [0.15, 0.2) is 0 Å². The predicted octanol–water partition coefficient (Wildman–Crippen LogP) is 2.24. The zero-order valence-electron chi connectivity index (χ0n) is 11.6. The molecule has 2 rings (SSSR count). The van der Waals surface area contributed by atoms with E-state index in [9.17, 15) is 4.79 Å². The molecule has 0 saturated heterocycles. The lowest BCUT2D eigenvalue weighted by Crippen LogP contribution is -2.14. The highest BCUT2D eigenvalue weighted by molar-refractivity contribution is 5.93. The Morgan fingerprint density at radius 3 is 2.70 bits per heavy atom. The summed E-state index contributed by atoms with van der Waals surface area (Å²) in [6.45, 7) is 3.82. The minimum Gasteiger partial charge on any atom is -0.399 e. The second-order valence-electron chi connectivity index (χ2n) is 4.78. The molecule has 104 valence electrons. The summed E-state index contributed by atoms with van der Waals surface area (Å²) in [4.78, 5) is 15.6. The number of nitrogens with two attached hydrogens (primary N) is 2. The molecule has 1 heterocycles. The Balaban J connectivity index is 2.23. The standard InChI is InChI=1S/C15H18N4O/c1-9-6-12(15(17)20)8-14(18-9)19-10(2)11-4-3-5-13(16)7-11/h3-8,10H,16H2,1-2H3,(H2,17,20)(H,18,19). The summed E-state index contributed by atoms with van der Waals surface area (Å²) in [5.74, 6) is 0.156. The number of nitrogen functional groups attached to an aromatic ring is 1. The highest BCUT2D eigenvalue weighted by Gasteiger charge is 2.09. The molecule has 0 aliphatic heterocycles. The van der Waals surface area contributed by atoms with E-state index in [1.165, 1.54) is 0 Å². The van der Waals surface area contributed by atoms with Crippen LogP contribution in [-0.4, -0.2) is 10.9 Å². The number of carbonyl (C=O) groups is 1. The van der Waals surface area contributed by atoms with Crippen molar-refractivity contribution in [2.24, 2.45) is 5.73 Å². The van der Waals surface area contributed by atoms with Gasteiger partial charge in [0, 0.05) is 16.9 Å². The summed E-state index contributed by atoms with van der Waals surface area (Å²) in [7, 11) is 0. The van der Waals surface area contributed by atoms with Crippen LogP contribution < -0.4 is 16.8 Å². The van der Waals surface area contributed by atoms with Crippen LogP contribution in [0.15, 0.2) is 36.4 Å². The number of hydrogen-bond acceptors (Lipinski definition) is 4. The van der Waals surface area contributed by atoms with Crippen molar-refractivity contribution < 1.29 is 4.79 Å². The lowest BCUT2D eigenvalue weighted by molar-refractivity contribution is 0.1000. The molecule has 1 aromatic carbocycles. The Bertz CT molecular complexity index is 640. The minimum atomic E-state index is -0.463. The zero-order valence-corrected chi connectivity index (χ0v) is 11.6. The molecule has 0 bridgehead atoms. The van der Waals surface area contributed by atoms with Crippen molar-refractivity contribution in [2.75, 3.05) is 11.1 Å². The van der Waals surface area contributed by atoms with Gasteiger partial charge in [-0.3, -0.25) is 4.79 Å². The summed E-state index contributed by atoms with van der Waals surface area (Å²) in [6, 6.07) is 11.0. The van der Waals surface area contributed by atoms with Crippen molar-refractivity contribution in [3.63, 3.8) is 0 Å². The first-order valence-corrected chi connectivity index (χ1v) is 6.36. The van der Waals surface area contributed by atoms with Crippen molar-refractivity contribution in [3.05, 3.63) is 53.2 Å². The zero-order chi connectivity index (χ0) is 14.7. The van der Waals surface area contributed by atoms with Gasteiger partial charge in [-0.2, -0.15) is 0 Å². The van der Waals surface area contributed by atoms with Crippen LogP contribution in [0.2, 0.25) is 0 Å². The van der Waals surface area contributed by atoms with Gasteiger partial charge in [0.05, 0.1) is 6.04 Å². The average molecular weight is 270 g/mol. The third-order valence-corrected chi connectivity index (χ3v) is 3.01. The van der Waals surface area contributed by atoms with Gasteiger partial charge < -0.3 is 16.8 Å². The molecule has 0 radical (unpaired) electrons. The molecule has 0 spiro atoms. The van der Waals surface area contributed by atoms with Crippen molar-refractivity contribution in [1.29, 1.82) is 0 Å². The van der Waals surface area contributed by atoms with E-state index >= 15 is 0 Å². The molecule has 0 aliphatic rings. The molecule has 0 aliphatic carbocycles. The predicted molar refractivity (Wildman–Crippen MR) is 80.4 cm³/mol. The normalized spacial score (nSPS) is 11.9. The van der Waals surface area contributed by atoms with Crippen LogP contribution in [0, 0.1) is 6.92 Å². The summed E-state index contributed by atoms with van der Waals surface area (Å²) < 4.78 is 0. The summed E-state index contributed by atoms with van der Waals surface area (Å²) in [5, 5.41) is 3.25. The number of nitrogens with one attached hydrogen (secondary N) is 1. The van der Waals surface area contributed by atoms with E-state index in [4.69, 9.17) is 11.5 Å². The number of aromatic nitrogens is 1. The van der Waals surface area contributed by atoms with E-state index in [-0.39, 0.29) is 6.04 Å². The second kappa shape index (κ2) is 5.61. The fourth-order valence-corrected chi connectivity index (χ4v) is 2.02. The number of benzene rings is 1. The SMILES string of the molecule is Cc1cc(C(N)=O)cc(NC(C)c2cccc(N)c2)n1. The van der Waals surface area contributed by atoms with Gasteiger partial charge in [-0.05, 0) is 43.7 Å². The molecule has 1 amide bonds. The molecule has 2 aromatic rings. The van der Waals surface area contributed by atoms with Gasteiger partial charge in [0.25, 0.3) is 0 Å². The van der Waals surface area contributed by atoms with Crippen LogP contribution >= 0.6 is 0 Å². The fourth-order valence-electron chi connectivity index (χ4n) is 2.02. The van der Waals surface area contributed by atoms with Gasteiger partial charge in [-0.1, -0.05) is 12.1 Å². The number of amides is 1. The summed E-state index contributed by atoms with van der Waals surface area (Å²) in [5.41, 5.74) is 14.0. The number of anilines is 2. The van der Waals surface area contributed by atoms with Crippen LogP contribution in [-0.2, 0) is 0 Å². The Morgan fingerprint density at radius 1 is 1.30 bits per heavy atom. The number of aryl methyl sites for hydroxylation is 1. The first-order chi connectivity index (χ1) is 9.45. The van der Waals surface area contributed by atoms with Crippen molar-refractivity contribution in [1.82, 2.24) is 4.98 Å². The minimum absolute atomic E-state index is 0.0218. The molecule has 0 fully saturated rings. The average Bonchev–Trinajstić information content (AvgIpc) is 2.37. The lowest BCUT2D eigenvalue weighted by Gasteiger charge is -2.16. The Labute approximate surface area is 118 Å². The highest BCUT2D eigenvalue weighted by atomic mass is 16.1. The smallest absolute Gasteiger partial charge is 0.248 e. The molecule has 0 saturated carbocycles. The summed E-state index contributed by atoms with van der Waals surface area (Å²) >= 11 is 0. The van der Waals surface area contributed by atoms with Crippen LogP contribution in [0.5, 0.6) is 0 Å². The molecule has 5 nitrogen and oxygen atoms in total. The van der Waals surface area contributed by atoms with Crippen molar-refractivity contribution in [3.8, 4) is 0 Å². The molecular weight excluding hydrogens is 252 g/mol. The molecule has 5 N–H and O–H groups in total. The van der Waals surface area contributed by atoms with E-state index in [0.29, 0.717) is 17.1 Å². The van der Waals surface area contributed by atoms with Gasteiger partial charge >= 0.3 is 0 Å². The first-order valence-electron chi connectivity index (χ1n) is 6.36. The fraction of sp³-hybridized carbons (Fsp3) is 0.200. The number of hydrogen-bond donors (Lipinski definition) is 3. The third kappa shape index (κ3) is 3.26. The second-order valence-corrected chi connectivity index (χ2v) is 4.78. The molecular formula is C15H18N4O. The maximum atomic E-state index is 11.3. The van der Waals surface area contributed by atoms with Gasteiger partial charge in [0.2, 0.25) is 5.91 Å². The number of nitrogens with zero attached hydrogens (tertiary/aromatic N) is 1. The van der Waals surface area contributed by atoms with E-state index in [1.54, 1.807) is 12.1 Å². The number of primary amides is 1. The molecule has 1 aromatic heterocycles. The Hall–Kier alpha value is -2.56. The first kappa shape index (κ1) is 13.9. The third-order valence-electron chi connectivity index (χ3n) is 3.01. The van der Waals surface area contributed by atoms with Crippen LogP contribution in [0.25, 0.3) is 0 Å². The Kier molecular flexibility index (Phi) is 3.89. The highest BCUT2D eigenvalue weighted by Crippen LogP contribution is 2.20. The maximum Gasteiger partial charge on any atom is 0.248 e. The number of rotatable bonds is 4. The van der Waals surface area contributed by atoms with Crippen LogP contribution in [0.3, 0.4) is 0 Å². The van der Waals surface area contributed by atoms with E-state index in [1.807, 2.05) is 38.1 Å². The molecule has 5 heteroatoms. The summed E-state index contributed by atoms with van der Waals surface area (Å²) in [6.07, 6.45) is 0. The molecule has 1 unspecified atom stereocenters. The number of carbonyl (C=O) groups excluding carboxylic acids is 1. The monoisotopic (exact) mass is 270 g/mol. The topological polar surface area (TPSA) is 94.0 Å². The van der Waals surface area contributed by atoms with Crippen molar-refractivity contribution >= 4 is 17.4 Å². The van der Waals surface area contributed by atoms with E-state index < -0.39 is 5.91 Å². The van der Waals surface area contributed by atoms with Crippen LogP contribution in [0.1, 0.15) is 34.6 Å².